The van der Waals surface area contributed by atoms with Crippen LogP contribution >= 0.6 is 0 Å². The van der Waals surface area contributed by atoms with Crippen molar-refractivity contribution < 1.29 is 0 Å². The van der Waals surface area contributed by atoms with Gasteiger partial charge in [0.25, 0.3) is 5.56 Å². The van der Waals surface area contributed by atoms with Crippen LogP contribution in [0.25, 0.3) is 33.9 Å². The number of imidazole rings is 2. The number of hydrogen-bond donors (Lipinski definition) is 0. The first-order valence-electron chi connectivity index (χ1n) is 10.8. The van der Waals surface area contributed by atoms with Gasteiger partial charge in [0, 0.05) is 31.5 Å². The van der Waals surface area contributed by atoms with Crippen LogP contribution in [-0.4, -0.2) is 23.1 Å². The molecule has 0 bridgehead atoms. The molecule has 162 valence electrons. The number of nitrogens with zero attached hydrogens (tertiary/aromatic N) is 5. The van der Waals surface area contributed by atoms with Crippen LogP contribution in [0.5, 0.6) is 0 Å². The summed E-state index contributed by atoms with van der Waals surface area (Å²) in [5.74, 6) is 0.595. The number of hydrogen-bond acceptors (Lipinski definition) is 3. The van der Waals surface area contributed by atoms with E-state index in [1.54, 1.807) is 11.4 Å². The molecule has 7 heteroatoms. The lowest BCUT2D eigenvalue weighted by atomic mass is 10.1. The smallest absolute Gasteiger partial charge is 0.279 e. The third kappa shape index (κ3) is 2.85. The summed E-state index contributed by atoms with van der Waals surface area (Å²) < 4.78 is 6.39. The van der Waals surface area contributed by atoms with Gasteiger partial charge in [0.05, 0.1) is 5.69 Å². The lowest BCUT2D eigenvalue weighted by Crippen LogP contribution is -2.37. The molecule has 0 aliphatic heterocycles. The molecule has 0 amide bonds. The maximum Gasteiger partial charge on any atom is 0.332 e. The van der Waals surface area contributed by atoms with Gasteiger partial charge in [0.1, 0.15) is 0 Å². The molecule has 0 aliphatic rings. The fourth-order valence-electron chi connectivity index (χ4n) is 4.22. The molecule has 0 unspecified atom stereocenters. The third-order valence-corrected chi connectivity index (χ3v) is 6.23. The van der Waals surface area contributed by atoms with Crippen LogP contribution in [0.1, 0.15) is 25.0 Å². The van der Waals surface area contributed by atoms with E-state index in [4.69, 9.17) is 4.98 Å². The van der Waals surface area contributed by atoms with E-state index in [0.29, 0.717) is 16.9 Å². The van der Waals surface area contributed by atoms with Crippen molar-refractivity contribution >= 4 is 16.9 Å². The summed E-state index contributed by atoms with van der Waals surface area (Å²) in [6.07, 6.45) is 3.86. The molecule has 3 aromatic heterocycles. The molecule has 2 aromatic carbocycles. The van der Waals surface area contributed by atoms with Crippen LogP contribution in [0.3, 0.4) is 0 Å². The van der Waals surface area contributed by atoms with Crippen LogP contribution in [0, 0.1) is 0 Å². The van der Waals surface area contributed by atoms with Crippen LogP contribution in [-0.2, 0) is 26.9 Å². The van der Waals surface area contributed by atoms with E-state index in [1.807, 2.05) is 10.8 Å². The number of benzene rings is 2. The zero-order valence-corrected chi connectivity index (χ0v) is 18.7. The first-order valence-corrected chi connectivity index (χ1v) is 10.8. The zero-order chi connectivity index (χ0) is 22.6. The predicted octanol–water partition coefficient (Wildman–Crippen LogP) is 3.47. The molecule has 0 saturated carbocycles. The lowest BCUT2D eigenvalue weighted by Gasteiger charge is -2.10. The van der Waals surface area contributed by atoms with Crippen LogP contribution in [0.2, 0.25) is 0 Å². The second-order valence-electron chi connectivity index (χ2n) is 8.08. The number of fused-ring (bicyclic) bond motifs is 3. The number of rotatable bonds is 4. The highest BCUT2D eigenvalue weighted by molar-refractivity contribution is 5.79. The Bertz CT molecular complexity index is 1580. The van der Waals surface area contributed by atoms with E-state index in [0.717, 1.165) is 34.4 Å². The van der Waals surface area contributed by atoms with Gasteiger partial charge in [-0.15, -0.1) is 0 Å². The quantitative estimate of drug-likeness (QED) is 0.441. The minimum Gasteiger partial charge on any atom is -0.279 e. The first-order chi connectivity index (χ1) is 15.4. The zero-order valence-electron chi connectivity index (χ0n) is 18.7. The van der Waals surface area contributed by atoms with E-state index in [-0.39, 0.29) is 5.56 Å². The Labute approximate surface area is 184 Å². The van der Waals surface area contributed by atoms with E-state index in [1.165, 1.54) is 22.7 Å². The van der Waals surface area contributed by atoms with Gasteiger partial charge < -0.3 is 0 Å². The van der Waals surface area contributed by atoms with Crippen molar-refractivity contribution in [2.45, 2.75) is 26.7 Å². The van der Waals surface area contributed by atoms with Gasteiger partial charge in [-0.1, -0.05) is 50.2 Å². The topological polar surface area (TPSA) is 66.2 Å². The first kappa shape index (κ1) is 20.1. The van der Waals surface area contributed by atoms with Gasteiger partial charge in [-0.25, -0.2) is 4.79 Å². The van der Waals surface area contributed by atoms with E-state index in [9.17, 15) is 9.59 Å². The molecule has 0 spiro atoms. The van der Waals surface area contributed by atoms with Crippen molar-refractivity contribution in [3.05, 3.63) is 86.7 Å². The number of aryl methyl sites for hydroxylation is 3. The monoisotopic (exact) mass is 427 g/mol. The Morgan fingerprint density at radius 3 is 2.00 bits per heavy atom. The molecule has 0 fully saturated rings. The molecule has 0 radical (unpaired) electrons. The number of aromatic nitrogens is 5. The van der Waals surface area contributed by atoms with Crippen LogP contribution < -0.4 is 11.2 Å². The van der Waals surface area contributed by atoms with Gasteiger partial charge in [0.15, 0.2) is 11.2 Å². The Morgan fingerprint density at radius 2 is 1.41 bits per heavy atom. The Kier molecular flexibility index (Phi) is 4.62. The minimum atomic E-state index is -0.391. The summed E-state index contributed by atoms with van der Waals surface area (Å²) in [7, 11) is 3.13. The summed E-state index contributed by atoms with van der Waals surface area (Å²) in [4.78, 5) is 30.2. The van der Waals surface area contributed by atoms with Gasteiger partial charge in [-0.2, -0.15) is 4.98 Å². The highest BCUT2D eigenvalue weighted by Gasteiger charge is 2.21. The van der Waals surface area contributed by atoms with Crippen LogP contribution in [0.4, 0.5) is 0 Å². The second-order valence-corrected chi connectivity index (χ2v) is 8.08. The SMILES string of the molecule is CCc1ccc(-c2cn3c4c(=O)n(C)c(=O)n(C)c4nc3n2-c2ccc(CC)cc2)cc1. The summed E-state index contributed by atoms with van der Waals surface area (Å²) >= 11 is 0. The van der Waals surface area contributed by atoms with Gasteiger partial charge in [0.2, 0.25) is 5.78 Å². The fourth-order valence-corrected chi connectivity index (χ4v) is 4.22. The second kappa shape index (κ2) is 7.37. The lowest BCUT2D eigenvalue weighted by molar-refractivity contribution is 0.708. The maximum absolute atomic E-state index is 13.0. The summed E-state index contributed by atoms with van der Waals surface area (Å²) in [5, 5.41) is 0. The van der Waals surface area contributed by atoms with Gasteiger partial charge >= 0.3 is 5.69 Å². The molecule has 0 atom stereocenters. The molecule has 3 heterocycles. The van der Waals surface area contributed by atoms with E-state index in [2.05, 4.69) is 62.4 Å². The highest BCUT2D eigenvalue weighted by atomic mass is 16.2. The molecule has 5 aromatic rings. The maximum atomic E-state index is 13.0. The minimum absolute atomic E-state index is 0.359. The summed E-state index contributed by atoms with van der Waals surface area (Å²) in [6.45, 7) is 4.26. The van der Waals surface area contributed by atoms with Crippen molar-refractivity contribution in [2.24, 2.45) is 14.1 Å². The molecular formula is C25H25N5O2. The van der Waals surface area contributed by atoms with Crippen molar-refractivity contribution in [1.29, 1.82) is 0 Å². The van der Waals surface area contributed by atoms with E-state index < -0.39 is 5.69 Å². The van der Waals surface area contributed by atoms with E-state index >= 15 is 0 Å². The van der Waals surface area contributed by atoms with Crippen molar-refractivity contribution in [1.82, 2.24) is 23.1 Å². The Morgan fingerprint density at radius 1 is 0.812 bits per heavy atom. The van der Waals surface area contributed by atoms with Gasteiger partial charge in [-0.3, -0.25) is 22.9 Å². The Hall–Kier alpha value is -3.87. The Balaban J connectivity index is 1.89. The average molecular weight is 428 g/mol. The molecule has 32 heavy (non-hydrogen) atoms. The summed E-state index contributed by atoms with van der Waals surface area (Å²) in [6, 6.07) is 16.8. The summed E-state index contributed by atoms with van der Waals surface area (Å²) in [5.41, 5.74) is 5.43. The molecule has 5 rings (SSSR count). The molecule has 0 aliphatic carbocycles. The third-order valence-electron chi connectivity index (χ3n) is 6.23. The van der Waals surface area contributed by atoms with Crippen molar-refractivity contribution in [2.75, 3.05) is 0 Å². The molecule has 7 nitrogen and oxygen atoms in total. The predicted molar refractivity (Wildman–Crippen MR) is 127 cm³/mol. The van der Waals surface area contributed by atoms with Crippen molar-refractivity contribution in [3.8, 4) is 16.9 Å². The average Bonchev–Trinajstić information content (AvgIpc) is 3.38. The normalized spacial score (nSPS) is 11.6. The van der Waals surface area contributed by atoms with Crippen molar-refractivity contribution in [3.63, 3.8) is 0 Å². The largest absolute Gasteiger partial charge is 0.332 e. The van der Waals surface area contributed by atoms with Crippen LogP contribution in [0.15, 0.2) is 64.3 Å². The van der Waals surface area contributed by atoms with Gasteiger partial charge in [-0.05, 0) is 36.1 Å². The highest BCUT2D eigenvalue weighted by Crippen LogP contribution is 2.29. The standard InChI is InChI=1S/C25H25N5O2/c1-5-16-7-11-18(12-8-16)20-15-29-21-22(27(3)25(32)28(4)23(21)31)26-24(29)30(20)19-13-9-17(6-2)10-14-19/h7-15H,5-6H2,1-4H3. The molecule has 0 saturated heterocycles. The molecular weight excluding hydrogens is 402 g/mol. The molecule has 0 N–H and O–H groups in total. The fraction of sp³-hybridized carbons (Fsp3) is 0.240.